The van der Waals surface area contributed by atoms with Crippen molar-refractivity contribution in [2.45, 2.75) is 20.3 Å². The smallest absolute Gasteiger partial charge is 0.311 e. The largest absolute Gasteiger partial charge is 0.466 e. The Labute approximate surface area is 124 Å². The molecule has 21 heavy (non-hydrogen) atoms. The van der Waals surface area contributed by atoms with Gasteiger partial charge in [-0.05, 0) is 26.0 Å². The summed E-state index contributed by atoms with van der Waals surface area (Å²) in [5.41, 5.74) is 3.09. The number of benzene rings is 1. The highest BCUT2D eigenvalue weighted by Gasteiger charge is 2.16. The standard InChI is InChI=1S/C17H19NO3/c1-4-21-16(19)11-14-9-10-15(18(14)3)17(20)13-7-5-12(2)6-8-13/h5-10H,4,11H2,1-3H3. The van der Waals surface area contributed by atoms with E-state index in [-0.39, 0.29) is 18.2 Å². The molecule has 1 heterocycles. The van der Waals surface area contributed by atoms with Crippen LogP contribution < -0.4 is 0 Å². The van der Waals surface area contributed by atoms with Crippen molar-refractivity contribution in [2.24, 2.45) is 7.05 Å². The minimum absolute atomic E-state index is 0.0485. The number of rotatable bonds is 5. The quantitative estimate of drug-likeness (QED) is 0.627. The number of aryl methyl sites for hydroxylation is 1. The zero-order valence-electron chi connectivity index (χ0n) is 12.6. The Bertz CT molecular complexity index is 653. The molecule has 0 saturated carbocycles. The van der Waals surface area contributed by atoms with Crippen molar-refractivity contribution in [2.75, 3.05) is 6.61 Å². The van der Waals surface area contributed by atoms with Crippen molar-refractivity contribution in [3.8, 4) is 0 Å². The lowest BCUT2D eigenvalue weighted by Gasteiger charge is -2.07. The molecule has 0 fully saturated rings. The second-order valence-electron chi connectivity index (χ2n) is 4.95. The van der Waals surface area contributed by atoms with E-state index in [0.717, 1.165) is 11.3 Å². The van der Waals surface area contributed by atoms with E-state index >= 15 is 0 Å². The van der Waals surface area contributed by atoms with E-state index in [2.05, 4.69) is 0 Å². The monoisotopic (exact) mass is 285 g/mol. The van der Waals surface area contributed by atoms with Gasteiger partial charge in [0, 0.05) is 18.3 Å². The van der Waals surface area contributed by atoms with Gasteiger partial charge in [0.15, 0.2) is 0 Å². The first kappa shape index (κ1) is 15.0. The minimum Gasteiger partial charge on any atom is -0.466 e. The Hall–Kier alpha value is -2.36. The molecule has 2 aromatic rings. The first-order valence-electron chi connectivity index (χ1n) is 6.94. The molecule has 4 heteroatoms. The van der Waals surface area contributed by atoms with Crippen LogP contribution in [0.25, 0.3) is 0 Å². The Morgan fingerprint density at radius 3 is 2.38 bits per heavy atom. The van der Waals surface area contributed by atoms with E-state index in [4.69, 9.17) is 4.74 Å². The average Bonchev–Trinajstić information content (AvgIpc) is 2.80. The lowest BCUT2D eigenvalue weighted by molar-refractivity contribution is -0.142. The van der Waals surface area contributed by atoms with E-state index in [1.807, 2.05) is 31.2 Å². The number of ketones is 1. The fourth-order valence-corrected chi connectivity index (χ4v) is 2.17. The molecular formula is C17H19NO3. The lowest BCUT2D eigenvalue weighted by Crippen LogP contribution is -2.13. The summed E-state index contributed by atoms with van der Waals surface area (Å²) in [4.78, 5) is 24.0. The van der Waals surface area contributed by atoms with Gasteiger partial charge in [-0.2, -0.15) is 0 Å². The Kier molecular flexibility index (Phi) is 4.58. The summed E-state index contributed by atoms with van der Waals surface area (Å²) in [5.74, 6) is -0.333. The maximum atomic E-state index is 12.5. The fourth-order valence-electron chi connectivity index (χ4n) is 2.17. The van der Waals surface area contributed by atoms with Crippen LogP contribution >= 0.6 is 0 Å². The molecule has 0 radical (unpaired) electrons. The molecule has 0 N–H and O–H groups in total. The molecule has 0 aliphatic carbocycles. The van der Waals surface area contributed by atoms with Crippen LogP contribution in [0.15, 0.2) is 36.4 Å². The third-order valence-electron chi connectivity index (χ3n) is 3.40. The van der Waals surface area contributed by atoms with Gasteiger partial charge in [-0.25, -0.2) is 0 Å². The first-order valence-corrected chi connectivity index (χ1v) is 6.94. The van der Waals surface area contributed by atoms with Crippen LogP contribution in [0.4, 0.5) is 0 Å². The van der Waals surface area contributed by atoms with Gasteiger partial charge < -0.3 is 9.30 Å². The maximum absolute atomic E-state index is 12.5. The van der Waals surface area contributed by atoms with Gasteiger partial charge in [0.05, 0.1) is 18.7 Å². The maximum Gasteiger partial charge on any atom is 0.311 e. The number of hydrogen-bond donors (Lipinski definition) is 0. The van der Waals surface area contributed by atoms with Crippen LogP contribution in [0.1, 0.15) is 34.2 Å². The number of aromatic nitrogens is 1. The SMILES string of the molecule is CCOC(=O)Cc1ccc(C(=O)c2ccc(C)cc2)n1C. The van der Waals surface area contributed by atoms with Crippen molar-refractivity contribution in [3.63, 3.8) is 0 Å². The van der Waals surface area contributed by atoms with Crippen molar-refractivity contribution >= 4 is 11.8 Å². The molecule has 0 spiro atoms. The second kappa shape index (κ2) is 6.39. The zero-order chi connectivity index (χ0) is 15.4. The lowest BCUT2D eigenvalue weighted by atomic mass is 10.1. The molecule has 0 saturated heterocycles. The average molecular weight is 285 g/mol. The third-order valence-corrected chi connectivity index (χ3v) is 3.40. The molecule has 2 rings (SSSR count). The molecule has 0 unspecified atom stereocenters. The molecule has 0 atom stereocenters. The van der Waals surface area contributed by atoms with Crippen LogP contribution in [0.5, 0.6) is 0 Å². The summed E-state index contributed by atoms with van der Waals surface area (Å²) in [5, 5.41) is 0. The van der Waals surface area contributed by atoms with E-state index in [1.165, 1.54) is 0 Å². The van der Waals surface area contributed by atoms with Crippen molar-refractivity contribution < 1.29 is 14.3 Å². The highest BCUT2D eigenvalue weighted by Crippen LogP contribution is 2.14. The molecule has 4 nitrogen and oxygen atoms in total. The van der Waals surface area contributed by atoms with Gasteiger partial charge in [-0.1, -0.05) is 29.8 Å². The highest BCUT2D eigenvalue weighted by molar-refractivity contribution is 6.08. The second-order valence-corrected chi connectivity index (χ2v) is 4.95. The van der Waals surface area contributed by atoms with Crippen LogP contribution in [0, 0.1) is 6.92 Å². The number of ether oxygens (including phenoxy) is 1. The number of carbonyl (C=O) groups is 2. The van der Waals surface area contributed by atoms with E-state index in [0.29, 0.717) is 17.9 Å². The molecule has 0 aliphatic rings. The van der Waals surface area contributed by atoms with Crippen molar-refractivity contribution in [3.05, 3.63) is 58.9 Å². The summed E-state index contributed by atoms with van der Waals surface area (Å²) in [6.45, 7) is 4.11. The normalized spacial score (nSPS) is 10.4. The van der Waals surface area contributed by atoms with Crippen LogP contribution in [-0.4, -0.2) is 22.9 Å². The topological polar surface area (TPSA) is 48.3 Å². The predicted octanol–water partition coefficient (Wildman–Crippen LogP) is 2.67. The van der Waals surface area contributed by atoms with Gasteiger partial charge in [0.1, 0.15) is 0 Å². The third kappa shape index (κ3) is 3.40. The Morgan fingerprint density at radius 1 is 1.10 bits per heavy atom. The van der Waals surface area contributed by atoms with Crippen LogP contribution in [-0.2, 0) is 23.0 Å². The van der Waals surface area contributed by atoms with Gasteiger partial charge >= 0.3 is 5.97 Å². The number of hydrogen-bond acceptors (Lipinski definition) is 3. The molecular weight excluding hydrogens is 266 g/mol. The Balaban J connectivity index is 2.21. The summed E-state index contributed by atoms with van der Waals surface area (Å²) in [7, 11) is 1.79. The highest BCUT2D eigenvalue weighted by atomic mass is 16.5. The van der Waals surface area contributed by atoms with Crippen LogP contribution in [0.3, 0.4) is 0 Å². The molecule has 1 aromatic carbocycles. The molecule has 1 aromatic heterocycles. The summed E-state index contributed by atoms with van der Waals surface area (Å²) < 4.78 is 6.68. The fraction of sp³-hybridized carbons (Fsp3) is 0.294. The molecule has 110 valence electrons. The van der Waals surface area contributed by atoms with Gasteiger partial charge in [-0.15, -0.1) is 0 Å². The van der Waals surface area contributed by atoms with Gasteiger partial charge in [0.25, 0.3) is 0 Å². The summed E-state index contributed by atoms with van der Waals surface area (Å²) in [6.07, 6.45) is 0.172. The summed E-state index contributed by atoms with van der Waals surface area (Å²) >= 11 is 0. The van der Waals surface area contributed by atoms with E-state index < -0.39 is 0 Å². The number of nitrogens with zero attached hydrogens (tertiary/aromatic N) is 1. The molecule has 0 bridgehead atoms. The number of carbonyl (C=O) groups excluding carboxylic acids is 2. The zero-order valence-corrected chi connectivity index (χ0v) is 12.6. The van der Waals surface area contributed by atoms with Crippen molar-refractivity contribution in [1.82, 2.24) is 4.57 Å². The summed E-state index contributed by atoms with van der Waals surface area (Å²) in [6, 6.07) is 11.0. The number of esters is 1. The van der Waals surface area contributed by atoms with Gasteiger partial charge in [-0.3, -0.25) is 9.59 Å². The van der Waals surface area contributed by atoms with E-state index in [9.17, 15) is 9.59 Å². The predicted molar refractivity (Wildman–Crippen MR) is 80.4 cm³/mol. The van der Waals surface area contributed by atoms with Crippen LogP contribution in [0.2, 0.25) is 0 Å². The molecule has 0 aliphatic heterocycles. The Morgan fingerprint density at radius 2 is 1.76 bits per heavy atom. The first-order chi connectivity index (χ1) is 10.0. The molecule has 0 amide bonds. The van der Waals surface area contributed by atoms with Gasteiger partial charge in [0.2, 0.25) is 5.78 Å². The van der Waals surface area contributed by atoms with Crippen molar-refractivity contribution in [1.29, 1.82) is 0 Å². The minimum atomic E-state index is -0.284. The van der Waals surface area contributed by atoms with E-state index in [1.54, 1.807) is 30.7 Å².